The van der Waals surface area contributed by atoms with Gasteiger partial charge >= 0.3 is 5.97 Å². The van der Waals surface area contributed by atoms with E-state index in [-0.39, 0.29) is 12.5 Å². The lowest BCUT2D eigenvalue weighted by Gasteiger charge is -2.10. The predicted octanol–water partition coefficient (Wildman–Crippen LogP) is 1.54. The van der Waals surface area contributed by atoms with Crippen LogP contribution in [-0.2, 0) is 14.3 Å². The minimum absolute atomic E-state index is 0.135. The van der Waals surface area contributed by atoms with Gasteiger partial charge in [-0.25, -0.2) is 13.6 Å². The van der Waals surface area contributed by atoms with Crippen LogP contribution in [0, 0.1) is 11.6 Å². The van der Waals surface area contributed by atoms with Crippen LogP contribution in [0.15, 0.2) is 18.2 Å². The van der Waals surface area contributed by atoms with Crippen LogP contribution in [0.4, 0.5) is 8.78 Å². The van der Waals surface area contributed by atoms with Gasteiger partial charge in [-0.15, -0.1) is 0 Å². The van der Waals surface area contributed by atoms with Crippen LogP contribution in [0.2, 0.25) is 0 Å². The van der Waals surface area contributed by atoms with Crippen molar-refractivity contribution in [2.75, 3.05) is 13.2 Å². The first-order valence-electron chi connectivity index (χ1n) is 6.41. The summed E-state index contributed by atoms with van der Waals surface area (Å²) in [4.78, 5) is 23.1. The number of rotatable bonds is 4. The van der Waals surface area contributed by atoms with Crippen molar-refractivity contribution in [2.45, 2.75) is 25.3 Å². The van der Waals surface area contributed by atoms with E-state index in [1.807, 2.05) is 0 Å². The van der Waals surface area contributed by atoms with Gasteiger partial charge in [0.05, 0.1) is 12.6 Å². The van der Waals surface area contributed by atoms with Crippen LogP contribution in [0.5, 0.6) is 0 Å². The molecule has 20 heavy (non-hydrogen) atoms. The third-order valence-corrected chi connectivity index (χ3v) is 3.28. The normalized spacial score (nSPS) is 21.8. The van der Waals surface area contributed by atoms with E-state index in [0.29, 0.717) is 18.5 Å². The van der Waals surface area contributed by atoms with E-state index in [0.717, 1.165) is 6.07 Å². The molecule has 0 aliphatic carbocycles. The summed E-state index contributed by atoms with van der Waals surface area (Å²) in [5, 5.41) is 2.89. The minimum atomic E-state index is -0.879. The van der Waals surface area contributed by atoms with Crippen LogP contribution >= 0.6 is 0 Å². The Balaban J connectivity index is 2.05. The Morgan fingerprint density at radius 1 is 1.30 bits per heavy atom. The van der Waals surface area contributed by atoms with Crippen molar-refractivity contribution in [1.82, 2.24) is 5.32 Å². The van der Waals surface area contributed by atoms with Crippen molar-refractivity contribution in [3.63, 3.8) is 0 Å². The molecule has 0 bridgehead atoms. The van der Waals surface area contributed by atoms with Crippen molar-refractivity contribution < 1.29 is 23.1 Å². The van der Waals surface area contributed by atoms with E-state index in [2.05, 4.69) is 10.1 Å². The number of hydrogen-bond acceptors (Lipinski definition) is 4. The molecule has 1 saturated heterocycles. The van der Waals surface area contributed by atoms with Crippen LogP contribution in [0.25, 0.3) is 0 Å². The average molecular weight is 283 g/mol. The smallest absolute Gasteiger partial charge is 0.376 e. The summed E-state index contributed by atoms with van der Waals surface area (Å²) in [6, 6.07) is 2.62. The van der Waals surface area contributed by atoms with Crippen molar-refractivity contribution in [3.8, 4) is 0 Å². The summed E-state index contributed by atoms with van der Waals surface area (Å²) in [5.74, 6) is -3.04. The van der Waals surface area contributed by atoms with E-state index in [9.17, 15) is 18.4 Å². The third-order valence-electron chi connectivity index (χ3n) is 3.28. The zero-order chi connectivity index (χ0) is 14.7. The van der Waals surface area contributed by atoms with Gasteiger partial charge in [0, 0.05) is 12.6 Å². The average Bonchev–Trinajstić information content (AvgIpc) is 2.86. The Labute approximate surface area is 115 Å². The maximum absolute atomic E-state index is 13.2. The predicted molar refractivity (Wildman–Crippen MR) is 67.1 cm³/mol. The summed E-state index contributed by atoms with van der Waals surface area (Å²) in [7, 11) is 0. The van der Waals surface area contributed by atoms with E-state index in [4.69, 9.17) is 0 Å². The first-order valence-corrected chi connectivity index (χ1v) is 6.41. The first kappa shape index (κ1) is 14.6. The molecule has 1 fully saturated rings. The molecular weight excluding hydrogens is 268 g/mol. The molecule has 1 unspecified atom stereocenters. The quantitative estimate of drug-likeness (QED) is 0.673. The molecule has 2 rings (SSSR count). The number of carbonyl (C=O) groups is 2. The zero-order valence-electron chi connectivity index (χ0n) is 11.0. The second kappa shape index (κ2) is 6.09. The molecule has 1 heterocycles. The second-order valence-corrected chi connectivity index (χ2v) is 4.68. The number of esters is 1. The SMILES string of the molecule is CCOC(=O)C(=O)C1C[C@@H](c2cc(F)cc(F)c2)CN1. The summed E-state index contributed by atoms with van der Waals surface area (Å²) in [5.41, 5.74) is 0.481. The van der Waals surface area contributed by atoms with E-state index >= 15 is 0 Å². The van der Waals surface area contributed by atoms with Gasteiger partial charge < -0.3 is 10.1 Å². The number of carbonyl (C=O) groups excluding carboxylic acids is 2. The van der Waals surface area contributed by atoms with Crippen LogP contribution < -0.4 is 5.32 Å². The molecule has 1 aromatic carbocycles. The van der Waals surface area contributed by atoms with Crippen molar-refractivity contribution in [1.29, 1.82) is 0 Å². The molecular formula is C14H15F2NO3. The maximum Gasteiger partial charge on any atom is 0.376 e. The molecule has 6 heteroatoms. The van der Waals surface area contributed by atoms with Crippen LogP contribution in [-0.4, -0.2) is 30.9 Å². The van der Waals surface area contributed by atoms with Gasteiger partial charge in [-0.3, -0.25) is 4.79 Å². The van der Waals surface area contributed by atoms with Gasteiger partial charge in [-0.1, -0.05) is 0 Å². The lowest BCUT2D eigenvalue weighted by Crippen LogP contribution is -2.36. The number of Topliss-reactive ketones (excluding diaryl/α,β-unsaturated/α-hetero) is 1. The number of hydrogen-bond donors (Lipinski definition) is 1. The monoisotopic (exact) mass is 283 g/mol. The fraction of sp³-hybridized carbons (Fsp3) is 0.429. The molecule has 4 nitrogen and oxygen atoms in total. The fourth-order valence-corrected chi connectivity index (χ4v) is 2.34. The molecule has 1 aromatic rings. The molecule has 0 radical (unpaired) electrons. The fourth-order valence-electron chi connectivity index (χ4n) is 2.34. The largest absolute Gasteiger partial charge is 0.460 e. The molecule has 1 N–H and O–H groups in total. The van der Waals surface area contributed by atoms with Gasteiger partial charge in [0.15, 0.2) is 0 Å². The Morgan fingerprint density at radius 2 is 1.95 bits per heavy atom. The number of benzene rings is 1. The van der Waals surface area contributed by atoms with Gasteiger partial charge in [-0.2, -0.15) is 0 Å². The molecule has 1 aliphatic rings. The Hall–Kier alpha value is -1.82. The first-order chi connectivity index (χ1) is 9.51. The van der Waals surface area contributed by atoms with E-state index in [1.54, 1.807) is 6.92 Å². The summed E-state index contributed by atoms with van der Waals surface area (Å²) >= 11 is 0. The number of halogens is 2. The lowest BCUT2D eigenvalue weighted by molar-refractivity contribution is -0.154. The Bertz CT molecular complexity index is 513. The van der Waals surface area contributed by atoms with Gasteiger partial charge in [0.25, 0.3) is 5.78 Å². The van der Waals surface area contributed by atoms with Crippen molar-refractivity contribution >= 4 is 11.8 Å². The van der Waals surface area contributed by atoms with Crippen LogP contribution in [0.3, 0.4) is 0 Å². The van der Waals surface area contributed by atoms with E-state index in [1.165, 1.54) is 12.1 Å². The van der Waals surface area contributed by atoms with Gasteiger partial charge in [0.1, 0.15) is 11.6 Å². The third kappa shape index (κ3) is 3.19. The minimum Gasteiger partial charge on any atom is -0.460 e. The highest BCUT2D eigenvalue weighted by atomic mass is 19.1. The maximum atomic E-state index is 13.2. The summed E-state index contributed by atoms with van der Waals surface area (Å²) < 4.78 is 31.0. The zero-order valence-corrected chi connectivity index (χ0v) is 11.0. The molecule has 0 amide bonds. The number of nitrogens with one attached hydrogen (secondary N) is 1. The molecule has 0 saturated carbocycles. The Morgan fingerprint density at radius 3 is 2.55 bits per heavy atom. The van der Waals surface area contributed by atoms with Crippen molar-refractivity contribution in [3.05, 3.63) is 35.4 Å². The van der Waals surface area contributed by atoms with Crippen molar-refractivity contribution in [2.24, 2.45) is 0 Å². The standard InChI is InChI=1S/C14H15F2NO3/c1-2-20-14(19)13(18)12-5-9(7-17-12)8-3-10(15)6-11(16)4-8/h3-4,6,9,12,17H,2,5,7H2,1H3/t9-,12?/m1/s1. The number of ether oxygens (including phenoxy) is 1. The van der Waals surface area contributed by atoms with E-state index < -0.39 is 29.4 Å². The topological polar surface area (TPSA) is 55.4 Å². The summed E-state index contributed by atoms with van der Waals surface area (Å²) in [6.07, 6.45) is 0.320. The molecule has 0 spiro atoms. The highest BCUT2D eigenvalue weighted by molar-refractivity contribution is 6.35. The van der Waals surface area contributed by atoms with Gasteiger partial charge in [-0.05, 0) is 37.0 Å². The highest BCUT2D eigenvalue weighted by Crippen LogP contribution is 2.27. The van der Waals surface area contributed by atoms with Crippen LogP contribution in [0.1, 0.15) is 24.8 Å². The molecule has 108 valence electrons. The lowest BCUT2D eigenvalue weighted by atomic mass is 9.95. The molecule has 1 aliphatic heterocycles. The Kier molecular flexibility index (Phi) is 4.44. The van der Waals surface area contributed by atoms with Gasteiger partial charge in [0.2, 0.25) is 0 Å². The summed E-state index contributed by atoms with van der Waals surface area (Å²) in [6.45, 7) is 2.14. The molecule has 0 aromatic heterocycles. The molecule has 2 atom stereocenters. The second-order valence-electron chi connectivity index (χ2n) is 4.68. The highest BCUT2D eigenvalue weighted by Gasteiger charge is 2.34. The number of ketones is 1.